The van der Waals surface area contributed by atoms with Crippen molar-refractivity contribution in [3.63, 3.8) is 0 Å². The Morgan fingerprint density at radius 2 is 2.05 bits per heavy atom. The zero-order chi connectivity index (χ0) is 14.0. The first kappa shape index (κ1) is 12.6. The molecule has 0 aliphatic heterocycles. The van der Waals surface area contributed by atoms with Gasteiger partial charge in [0.25, 0.3) is 0 Å². The lowest BCUT2D eigenvalue weighted by molar-refractivity contribution is -0.384. The van der Waals surface area contributed by atoms with Crippen molar-refractivity contribution in [1.82, 2.24) is 9.78 Å². The summed E-state index contributed by atoms with van der Waals surface area (Å²) >= 11 is 0. The molecule has 1 heterocycles. The monoisotopic (exact) mass is 257 g/mol. The molecule has 1 aromatic heterocycles. The van der Waals surface area contributed by atoms with E-state index in [9.17, 15) is 10.1 Å². The van der Waals surface area contributed by atoms with E-state index in [1.165, 1.54) is 10.9 Å². The van der Waals surface area contributed by atoms with Crippen molar-refractivity contribution in [2.75, 3.05) is 11.9 Å². The molecule has 0 N–H and O–H groups in total. The fourth-order valence-corrected chi connectivity index (χ4v) is 1.71. The molecule has 2 rings (SSSR count). The Morgan fingerprint density at radius 1 is 1.42 bits per heavy atom. The van der Waals surface area contributed by atoms with Crippen LogP contribution in [0.5, 0.6) is 0 Å². The first-order valence-electron chi connectivity index (χ1n) is 5.45. The van der Waals surface area contributed by atoms with Crippen LogP contribution in [0.15, 0.2) is 30.5 Å². The molecular formula is C12H11N5O2. The van der Waals surface area contributed by atoms with Crippen molar-refractivity contribution in [3.8, 4) is 6.07 Å². The van der Waals surface area contributed by atoms with E-state index in [0.29, 0.717) is 5.56 Å². The molecule has 7 heteroatoms. The highest BCUT2D eigenvalue weighted by atomic mass is 16.6. The largest absolute Gasteiger partial charge is 0.331 e. The maximum atomic E-state index is 11.0. The van der Waals surface area contributed by atoms with Crippen molar-refractivity contribution in [2.24, 2.45) is 7.05 Å². The van der Waals surface area contributed by atoms with Gasteiger partial charge >= 0.3 is 5.69 Å². The number of hydrogen-bond donors (Lipinski definition) is 0. The van der Waals surface area contributed by atoms with Gasteiger partial charge in [0.05, 0.1) is 16.6 Å². The second-order valence-electron chi connectivity index (χ2n) is 3.99. The number of aromatic nitrogens is 2. The molecule has 0 radical (unpaired) electrons. The van der Waals surface area contributed by atoms with E-state index in [2.05, 4.69) is 5.10 Å². The van der Waals surface area contributed by atoms with E-state index >= 15 is 0 Å². The number of nitro groups is 1. The van der Waals surface area contributed by atoms with Crippen LogP contribution in [-0.2, 0) is 7.05 Å². The zero-order valence-corrected chi connectivity index (χ0v) is 10.4. The second-order valence-corrected chi connectivity index (χ2v) is 3.99. The minimum atomic E-state index is -0.470. The number of nitrogens with zero attached hydrogens (tertiary/aromatic N) is 5. The SMILES string of the molecule is CN(c1ccc(C#N)cc1)c1nn(C)cc1[N+](=O)[O-]. The molecule has 0 fully saturated rings. The van der Waals surface area contributed by atoms with Crippen molar-refractivity contribution in [2.45, 2.75) is 0 Å². The van der Waals surface area contributed by atoms with Crippen molar-refractivity contribution < 1.29 is 4.92 Å². The van der Waals surface area contributed by atoms with E-state index in [-0.39, 0.29) is 11.5 Å². The molecule has 2 aromatic rings. The van der Waals surface area contributed by atoms with Gasteiger partial charge in [0.2, 0.25) is 5.82 Å². The highest BCUT2D eigenvalue weighted by molar-refractivity contribution is 5.67. The second kappa shape index (κ2) is 4.78. The average molecular weight is 257 g/mol. The first-order valence-corrected chi connectivity index (χ1v) is 5.45. The van der Waals surface area contributed by atoms with E-state index in [4.69, 9.17) is 5.26 Å². The van der Waals surface area contributed by atoms with Crippen molar-refractivity contribution in [1.29, 1.82) is 5.26 Å². The summed E-state index contributed by atoms with van der Waals surface area (Å²) in [4.78, 5) is 12.1. The Balaban J connectivity index is 2.40. The van der Waals surface area contributed by atoms with E-state index in [1.807, 2.05) is 6.07 Å². The summed E-state index contributed by atoms with van der Waals surface area (Å²) in [6.07, 6.45) is 1.36. The molecule has 0 spiro atoms. The minimum absolute atomic E-state index is 0.0608. The summed E-state index contributed by atoms with van der Waals surface area (Å²) in [6, 6.07) is 8.77. The normalized spacial score (nSPS) is 9.95. The molecule has 0 amide bonds. The van der Waals surface area contributed by atoms with Crippen LogP contribution in [0.1, 0.15) is 5.56 Å². The molecule has 0 atom stereocenters. The fourth-order valence-electron chi connectivity index (χ4n) is 1.71. The van der Waals surface area contributed by atoms with Gasteiger partial charge < -0.3 is 4.90 Å². The quantitative estimate of drug-likeness (QED) is 0.619. The minimum Gasteiger partial charge on any atom is -0.322 e. The number of rotatable bonds is 3. The van der Waals surface area contributed by atoms with Gasteiger partial charge in [0, 0.05) is 19.8 Å². The predicted octanol–water partition coefficient (Wildman–Crippen LogP) is 1.97. The van der Waals surface area contributed by atoms with Crippen LogP contribution in [0, 0.1) is 21.4 Å². The van der Waals surface area contributed by atoms with E-state index in [1.54, 1.807) is 43.3 Å². The molecule has 19 heavy (non-hydrogen) atoms. The lowest BCUT2D eigenvalue weighted by Gasteiger charge is -2.15. The van der Waals surface area contributed by atoms with Gasteiger partial charge in [-0.15, -0.1) is 5.10 Å². The van der Waals surface area contributed by atoms with Crippen LogP contribution in [-0.4, -0.2) is 21.8 Å². The van der Waals surface area contributed by atoms with Crippen LogP contribution in [0.25, 0.3) is 0 Å². The standard InChI is InChI=1S/C12H11N5O2/c1-15-8-11(17(18)19)12(14-15)16(2)10-5-3-9(7-13)4-6-10/h3-6,8H,1-2H3. The molecule has 0 saturated heterocycles. The molecule has 0 aliphatic carbocycles. The Hall–Kier alpha value is -2.88. The van der Waals surface area contributed by atoms with Gasteiger partial charge in [-0.05, 0) is 24.3 Å². The predicted molar refractivity (Wildman–Crippen MR) is 69.1 cm³/mol. The molecule has 0 saturated carbocycles. The summed E-state index contributed by atoms with van der Waals surface area (Å²) in [7, 11) is 3.32. The number of hydrogen-bond acceptors (Lipinski definition) is 5. The van der Waals surface area contributed by atoms with Gasteiger partial charge in [0.1, 0.15) is 6.20 Å². The van der Waals surface area contributed by atoms with Gasteiger partial charge in [-0.2, -0.15) is 5.26 Å². The Morgan fingerprint density at radius 3 is 2.58 bits per heavy atom. The highest BCUT2D eigenvalue weighted by Gasteiger charge is 2.22. The Labute approximate surface area is 109 Å². The van der Waals surface area contributed by atoms with Crippen molar-refractivity contribution >= 4 is 17.2 Å². The van der Waals surface area contributed by atoms with Crippen LogP contribution in [0.4, 0.5) is 17.2 Å². The van der Waals surface area contributed by atoms with Gasteiger partial charge in [-0.25, -0.2) is 0 Å². The van der Waals surface area contributed by atoms with Crippen LogP contribution in [0.2, 0.25) is 0 Å². The number of nitriles is 1. The Kier molecular flexibility index (Phi) is 3.16. The maximum absolute atomic E-state index is 11.0. The number of anilines is 2. The zero-order valence-electron chi connectivity index (χ0n) is 10.4. The molecule has 0 aliphatic rings. The van der Waals surface area contributed by atoms with Crippen LogP contribution in [0.3, 0.4) is 0 Å². The summed E-state index contributed by atoms with van der Waals surface area (Å²) in [5, 5.41) is 23.8. The Bertz CT molecular complexity index is 654. The third kappa shape index (κ3) is 2.37. The smallest absolute Gasteiger partial charge is 0.322 e. The lowest BCUT2D eigenvalue weighted by atomic mass is 10.2. The molecule has 0 unspecified atom stereocenters. The third-order valence-corrected chi connectivity index (χ3v) is 2.69. The van der Waals surface area contributed by atoms with Crippen LogP contribution >= 0.6 is 0 Å². The number of aryl methyl sites for hydroxylation is 1. The molecule has 0 bridgehead atoms. The fraction of sp³-hybridized carbons (Fsp3) is 0.167. The first-order chi connectivity index (χ1) is 9.02. The lowest BCUT2D eigenvalue weighted by Crippen LogP contribution is -2.12. The summed E-state index contributed by atoms with van der Waals surface area (Å²) in [5.41, 5.74) is 1.20. The summed E-state index contributed by atoms with van der Waals surface area (Å²) < 4.78 is 1.40. The molecule has 1 aromatic carbocycles. The maximum Gasteiger partial charge on any atom is 0.331 e. The molecular weight excluding hydrogens is 246 g/mol. The topological polar surface area (TPSA) is 88.0 Å². The van der Waals surface area contributed by atoms with Gasteiger partial charge in [0.15, 0.2) is 0 Å². The van der Waals surface area contributed by atoms with Gasteiger partial charge in [-0.3, -0.25) is 14.8 Å². The van der Waals surface area contributed by atoms with E-state index in [0.717, 1.165) is 5.69 Å². The third-order valence-electron chi connectivity index (χ3n) is 2.69. The van der Waals surface area contributed by atoms with Crippen LogP contribution < -0.4 is 4.90 Å². The van der Waals surface area contributed by atoms with Gasteiger partial charge in [-0.1, -0.05) is 0 Å². The molecule has 7 nitrogen and oxygen atoms in total. The summed E-state index contributed by atoms with van der Waals surface area (Å²) in [5.74, 6) is 0.261. The van der Waals surface area contributed by atoms with E-state index < -0.39 is 4.92 Å². The highest BCUT2D eigenvalue weighted by Crippen LogP contribution is 2.30. The molecule has 96 valence electrons. The summed E-state index contributed by atoms with van der Waals surface area (Å²) in [6.45, 7) is 0. The van der Waals surface area contributed by atoms with Crippen molar-refractivity contribution in [3.05, 3.63) is 46.1 Å². The number of benzene rings is 1. The average Bonchev–Trinajstić information content (AvgIpc) is 2.80.